The van der Waals surface area contributed by atoms with E-state index in [1.807, 2.05) is 0 Å². The van der Waals surface area contributed by atoms with Gasteiger partial charge in [-0.2, -0.15) is 0 Å². The Kier molecular flexibility index (Phi) is 6.45. The summed E-state index contributed by atoms with van der Waals surface area (Å²) in [5.74, 6) is 0.168. The molecule has 0 saturated heterocycles. The number of hydrogen-bond acceptors (Lipinski definition) is 6. The van der Waals surface area contributed by atoms with Gasteiger partial charge in [0, 0.05) is 15.4 Å². The Morgan fingerprint density at radius 1 is 1.04 bits per heavy atom. The summed E-state index contributed by atoms with van der Waals surface area (Å²) in [6, 6.07) is 13.4. The molecule has 1 heterocycles. The molecular formula is C19H14Cl2N2O3S. The average molecular weight is 421 g/mol. The van der Waals surface area contributed by atoms with Crippen LogP contribution in [-0.4, -0.2) is 23.3 Å². The summed E-state index contributed by atoms with van der Waals surface area (Å²) < 4.78 is 10.8. The zero-order valence-electron chi connectivity index (χ0n) is 13.9. The lowest BCUT2D eigenvalue weighted by molar-refractivity contribution is 0.0563. The Morgan fingerprint density at radius 2 is 1.67 bits per heavy atom. The zero-order chi connectivity index (χ0) is 19.2. The van der Waals surface area contributed by atoms with Crippen LogP contribution in [0.15, 0.2) is 53.9 Å². The SMILES string of the molecule is N=C(COC(=O)c1ccc(Cl)cc1)c1csc(COc2ccc(Cl)cc2)n1. The molecule has 0 saturated carbocycles. The highest BCUT2D eigenvalue weighted by Gasteiger charge is 2.12. The van der Waals surface area contributed by atoms with E-state index >= 15 is 0 Å². The molecule has 8 heteroatoms. The van der Waals surface area contributed by atoms with Crippen molar-refractivity contribution in [2.24, 2.45) is 0 Å². The molecule has 0 aliphatic carbocycles. The van der Waals surface area contributed by atoms with Gasteiger partial charge in [0.1, 0.15) is 24.0 Å². The molecule has 27 heavy (non-hydrogen) atoms. The van der Waals surface area contributed by atoms with E-state index in [1.165, 1.54) is 11.3 Å². The second-order valence-electron chi connectivity index (χ2n) is 5.43. The van der Waals surface area contributed by atoms with Crippen LogP contribution in [0.4, 0.5) is 0 Å². The molecule has 3 rings (SSSR count). The molecule has 2 aromatic carbocycles. The third-order valence-electron chi connectivity index (χ3n) is 3.46. The summed E-state index contributed by atoms with van der Waals surface area (Å²) in [4.78, 5) is 16.3. The number of nitrogens with zero attached hydrogens (tertiary/aromatic N) is 1. The summed E-state index contributed by atoms with van der Waals surface area (Å²) in [6.07, 6.45) is 0. The molecule has 0 spiro atoms. The van der Waals surface area contributed by atoms with Crippen molar-refractivity contribution in [2.75, 3.05) is 6.61 Å². The van der Waals surface area contributed by atoms with Gasteiger partial charge in [0.2, 0.25) is 0 Å². The maximum atomic E-state index is 12.0. The second kappa shape index (κ2) is 8.99. The third kappa shape index (κ3) is 5.53. The van der Waals surface area contributed by atoms with Gasteiger partial charge in [-0.15, -0.1) is 11.3 Å². The van der Waals surface area contributed by atoms with E-state index in [9.17, 15) is 4.79 Å². The van der Waals surface area contributed by atoms with E-state index in [0.29, 0.717) is 32.1 Å². The number of halogens is 2. The Bertz CT molecular complexity index is 940. The van der Waals surface area contributed by atoms with Crippen molar-refractivity contribution in [2.45, 2.75) is 6.61 Å². The van der Waals surface area contributed by atoms with Gasteiger partial charge in [-0.3, -0.25) is 5.41 Å². The molecule has 1 aromatic heterocycles. The average Bonchev–Trinajstić information content (AvgIpc) is 3.15. The number of rotatable bonds is 7. The highest BCUT2D eigenvalue weighted by atomic mass is 35.5. The summed E-state index contributed by atoms with van der Waals surface area (Å²) in [5, 5.41) is 11.7. The van der Waals surface area contributed by atoms with Gasteiger partial charge < -0.3 is 9.47 Å². The summed E-state index contributed by atoms with van der Waals surface area (Å²) >= 11 is 13.0. The van der Waals surface area contributed by atoms with Gasteiger partial charge in [0.25, 0.3) is 0 Å². The second-order valence-corrected chi connectivity index (χ2v) is 7.25. The number of thiazole rings is 1. The van der Waals surface area contributed by atoms with Crippen LogP contribution in [0, 0.1) is 5.41 Å². The van der Waals surface area contributed by atoms with Gasteiger partial charge in [-0.05, 0) is 48.5 Å². The van der Waals surface area contributed by atoms with Crippen molar-refractivity contribution < 1.29 is 14.3 Å². The fraction of sp³-hybridized carbons (Fsp3) is 0.105. The predicted molar refractivity (Wildman–Crippen MR) is 106 cm³/mol. The molecule has 0 fully saturated rings. The number of carbonyl (C=O) groups is 1. The van der Waals surface area contributed by atoms with Crippen molar-refractivity contribution >= 4 is 46.2 Å². The smallest absolute Gasteiger partial charge is 0.338 e. The maximum absolute atomic E-state index is 12.0. The van der Waals surface area contributed by atoms with Gasteiger partial charge in [-0.25, -0.2) is 9.78 Å². The number of aromatic nitrogens is 1. The number of hydrogen-bond donors (Lipinski definition) is 1. The van der Waals surface area contributed by atoms with E-state index < -0.39 is 5.97 Å². The number of nitrogens with one attached hydrogen (secondary N) is 1. The molecule has 1 N–H and O–H groups in total. The van der Waals surface area contributed by atoms with E-state index in [2.05, 4.69) is 4.98 Å². The minimum atomic E-state index is -0.516. The minimum Gasteiger partial charge on any atom is -0.486 e. The van der Waals surface area contributed by atoms with E-state index in [-0.39, 0.29) is 18.9 Å². The normalized spacial score (nSPS) is 10.4. The molecule has 5 nitrogen and oxygen atoms in total. The molecule has 138 valence electrons. The van der Waals surface area contributed by atoms with Crippen LogP contribution in [0.25, 0.3) is 0 Å². The fourth-order valence-electron chi connectivity index (χ4n) is 2.07. The van der Waals surface area contributed by atoms with Crippen molar-refractivity contribution in [3.05, 3.63) is 80.2 Å². The highest BCUT2D eigenvalue weighted by Crippen LogP contribution is 2.18. The van der Waals surface area contributed by atoms with Crippen molar-refractivity contribution in [3.63, 3.8) is 0 Å². The van der Waals surface area contributed by atoms with Crippen molar-refractivity contribution in [1.29, 1.82) is 5.41 Å². The number of ether oxygens (including phenoxy) is 2. The standard InChI is InChI=1S/C19H14Cl2N2O3S/c20-13-3-1-12(2-4-13)19(24)26-9-16(22)17-11-27-18(23-17)10-25-15-7-5-14(21)6-8-15/h1-8,11,22H,9-10H2. The van der Waals surface area contributed by atoms with Crippen LogP contribution in [0.2, 0.25) is 10.0 Å². The van der Waals surface area contributed by atoms with Crippen LogP contribution in [0.5, 0.6) is 5.75 Å². The largest absolute Gasteiger partial charge is 0.486 e. The topological polar surface area (TPSA) is 72.3 Å². The maximum Gasteiger partial charge on any atom is 0.338 e. The molecule has 0 radical (unpaired) electrons. The Hall–Kier alpha value is -2.41. The van der Waals surface area contributed by atoms with Gasteiger partial charge in [0.15, 0.2) is 0 Å². The van der Waals surface area contributed by atoms with Gasteiger partial charge >= 0.3 is 5.97 Å². The zero-order valence-corrected chi connectivity index (χ0v) is 16.3. The third-order valence-corrected chi connectivity index (χ3v) is 4.79. The molecule has 0 amide bonds. The molecule has 0 atom stereocenters. The van der Waals surface area contributed by atoms with Crippen LogP contribution < -0.4 is 4.74 Å². The van der Waals surface area contributed by atoms with Crippen LogP contribution in [0.1, 0.15) is 21.1 Å². The van der Waals surface area contributed by atoms with Crippen LogP contribution >= 0.6 is 34.5 Å². The number of esters is 1. The highest BCUT2D eigenvalue weighted by molar-refractivity contribution is 7.09. The summed E-state index contributed by atoms with van der Waals surface area (Å²) in [7, 11) is 0. The van der Waals surface area contributed by atoms with Gasteiger partial charge in [0.05, 0.1) is 17.0 Å². The van der Waals surface area contributed by atoms with Crippen molar-refractivity contribution in [1.82, 2.24) is 4.98 Å². The Morgan fingerprint density at radius 3 is 2.33 bits per heavy atom. The first-order valence-electron chi connectivity index (χ1n) is 7.84. The van der Waals surface area contributed by atoms with E-state index in [1.54, 1.807) is 53.9 Å². The Labute approximate surface area is 170 Å². The Balaban J connectivity index is 1.51. The molecular weight excluding hydrogens is 407 g/mol. The summed E-state index contributed by atoms with van der Waals surface area (Å²) in [5.41, 5.74) is 0.951. The molecule has 0 bridgehead atoms. The monoisotopic (exact) mass is 420 g/mol. The lowest BCUT2D eigenvalue weighted by Crippen LogP contribution is -2.14. The van der Waals surface area contributed by atoms with Gasteiger partial charge in [-0.1, -0.05) is 23.2 Å². The van der Waals surface area contributed by atoms with Crippen LogP contribution in [0.3, 0.4) is 0 Å². The molecule has 0 unspecified atom stereocenters. The number of carbonyl (C=O) groups excluding carboxylic acids is 1. The first kappa shape index (κ1) is 19.4. The fourth-order valence-corrected chi connectivity index (χ4v) is 3.05. The molecule has 0 aliphatic heterocycles. The first-order valence-corrected chi connectivity index (χ1v) is 9.48. The lowest BCUT2D eigenvalue weighted by Gasteiger charge is -2.05. The van der Waals surface area contributed by atoms with E-state index in [0.717, 1.165) is 0 Å². The summed E-state index contributed by atoms with van der Waals surface area (Å²) in [6.45, 7) is 0.118. The van der Waals surface area contributed by atoms with Crippen LogP contribution in [-0.2, 0) is 11.3 Å². The quantitative estimate of drug-likeness (QED) is 0.418. The lowest BCUT2D eigenvalue weighted by atomic mass is 10.2. The predicted octanol–water partition coefficient (Wildman–Crippen LogP) is 5.25. The molecule has 0 aliphatic rings. The molecule has 3 aromatic rings. The van der Waals surface area contributed by atoms with Crippen molar-refractivity contribution in [3.8, 4) is 5.75 Å². The number of benzene rings is 2. The first-order chi connectivity index (χ1) is 13.0. The van der Waals surface area contributed by atoms with E-state index in [4.69, 9.17) is 38.1 Å². The minimum absolute atomic E-state index is 0.117.